The average molecular weight is 272 g/mol. The Morgan fingerprint density at radius 2 is 2.15 bits per heavy atom. The normalized spacial score (nSPS) is 17.4. The van der Waals surface area contributed by atoms with Gasteiger partial charge < -0.3 is 15.4 Å². The molecule has 106 valence electrons. The maximum Gasteiger partial charge on any atom is 0.252 e. The molecule has 0 radical (unpaired) electrons. The number of aromatic amines is 1. The van der Waals surface area contributed by atoms with E-state index >= 15 is 0 Å². The minimum absolute atomic E-state index is 0.118. The van der Waals surface area contributed by atoms with E-state index in [1.165, 1.54) is 12.8 Å². The molecule has 1 aromatic carbocycles. The summed E-state index contributed by atoms with van der Waals surface area (Å²) in [5.74, 6) is 0.227. The van der Waals surface area contributed by atoms with Gasteiger partial charge >= 0.3 is 0 Å². The molecule has 1 unspecified atom stereocenters. The Labute approximate surface area is 118 Å². The molecule has 20 heavy (non-hydrogen) atoms. The fraction of sp³-hybridized carbons (Fsp3) is 0.438. The van der Waals surface area contributed by atoms with Crippen molar-refractivity contribution in [3.8, 4) is 0 Å². The van der Waals surface area contributed by atoms with Crippen molar-refractivity contribution in [3.05, 3.63) is 36.0 Å². The molecule has 1 amide bonds. The average Bonchev–Trinajstić information content (AvgIpc) is 3.13. The van der Waals surface area contributed by atoms with Gasteiger partial charge in [-0.1, -0.05) is 18.9 Å². The number of aliphatic hydroxyl groups is 1. The number of rotatable bonds is 4. The highest BCUT2D eigenvalue weighted by Gasteiger charge is 2.23. The van der Waals surface area contributed by atoms with Crippen LogP contribution in [-0.4, -0.2) is 28.6 Å². The molecule has 0 spiro atoms. The quantitative estimate of drug-likeness (QED) is 0.800. The van der Waals surface area contributed by atoms with Crippen LogP contribution in [0.1, 0.15) is 36.0 Å². The van der Waals surface area contributed by atoms with Crippen molar-refractivity contribution >= 4 is 16.8 Å². The summed E-state index contributed by atoms with van der Waals surface area (Å²) in [4.78, 5) is 15.3. The zero-order valence-corrected chi connectivity index (χ0v) is 11.4. The molecule has 1 saturated carbocycles. The Morgan fingerprint density at radius 3 is 2.95 bits per heavy atom. The third-order valence-electron chi connectivity index (χ3n) is 4.26. The standard InChI is InChI=1S/C16H20N2O2/c19-15(11-4-1-2-5-11)10-18-16(20)13-6-3-7-14-12(13)8-9-17-14/h3,6-9,11,15,17,19H,1-2,4-5,10H2,(H,18,20). The highest BCUT2D eigenvalue weighted by atomic mass is 16.3. The van der Waals surface area contributed by atoms with Gasteiger partial charge in [0.1, 0.15) is 0 Å². The fourth-order valence-electron chi connectivity index (χ4n) is 3.08. The molecule has 1 atom stereocenters. The number of nitrogens with one attached hydrogen (secondary N) is 2. The highest BCUT2D eigenvalue weighted by Crippen LogP contribution is 2.27. The molecule has 1 aromatic heterocycles. The van der Waals surface area contributed by atoms with Crippen molar-refractivity contribution in [2.24, 2.45) is 5.92 Å². The SMILES string of the molecule is O=C(NCC(O)C1CCCC1)c1cccc2[nH]ccc12. The van der Waals surface area contributed by atoms with Crippen LogP contribution < -0.4 is 5.32 Å². The lowest BCUT2D eigenvalue weighted by Gasteiger charge is -2.18. The Hall–Kier alpha value is -1.81. The summed E-state index contributed by atoms with van der Waals surface area (Å²) in [5, 5.41) is 13.9. The van der Waals surface area contributed by atoms with Gasteiger partial charge in [-0.3, -0.25) is 4.79 Å². The molecule has 1 aliphatic carbocycles. The third-order valence-corrected chi connectivity index (χ3v) is 4.26. The first-order valence-electron chi connectivity index (χ1n) is 7.28. The molecule has 4 heteroatoms. The summed E-state index contributed by atoms with van der Waals surface area (Å²) in [6.07, 6.45) is 5.94. The first-order chi connectivity index (χ1) is 9.75. The Balaban J connectivity index is 1.65. The molecule has 4 nitrogen and oxygen atoms in total. The summed E-state index contributed by atoms with van der Waals surface area (Å²) >= 11 is 0. The molecule has 0 bridgehead atoms. The number of fused-ring (bicyclic) bond motifs is 1. The van der Waals surface area contributed by atoms with Gasteiger partial charge in [-0.2, -0.15) is 0 Å². The van der Waals surface area contributed by atoms with E-state index < -0.39 is 6.10 Å². The van der Waals surface area contributed by atoms with Crippen molar-refractivity contribution < 1.29 is 9.90 Å². The summed E-state index contributed by atoms with van der Waals surface area (Å²) in [6.45, 7) is 0.338. The number of carbonyl (C=O) groups is 1. The van der Waals surface area contributed by atoms with Gasteiger partial charge in [0.15, 0.2) is 0 Å². The van der Waals surface area contributed by atoms with Gasteiger partial charge in [0.25, 0.3) is 5.91 Å². The lowest BCUT2D eigenvalue weighted by Crippen LogP contribution is -2.35. The number of hydrogen-bond donors (Lipinski definition) is 3. The molecule has 3 rings (SSSR count). The van der Waals surface area contributed by atoms with Crippen molar-refractivity contribution in [1.29, 1.82) is 0 Å². The van der Waals surface area contributed by atoms with E-state index in [2.05, 4.69) is 10.3 Å². The zero-order valence-electron chi connectivity index (χ0n) is 11.4. The number of aliphatic hydroxyl groups excluding tert-OH is 1. The fourth-order valence-corrected chi connectivity index (χ4v) is 3.08. The van der Waals surface area contributed by atoms with Crippen molar-refractivity contribution in [2.45, 2.75) is 31.8 Å². The number of benzene rings is 1. The minimum Gasteiger partial charge on any atom is -0.391 e. The van der Waals surface area contributed by atoms with Gasteiger partial charge in [0.2, 0.25) is 0 Å². The maximum atomic E-state index is 12.2. The van der Waals surface area contributed by atoms with Crippen LogP contribution in [0.25, 0.3) is 10.9 Å². The summed E-state index contributed by atoms with van der Waals surface area (Å²) in [6, 6.07) is 7.52. The van der Waals surface area contributed by atoms with Crippen LogP contribution in [0.3, 0.4) is 0 Å². The zero-order chi connectivity index (χ0) is 13.9. The molecular formula is C16H20N2O2. The van der Waals surface area contributed by atoms with E-state index in [0.29, 0.717) is 18.0 Å². The predicted octanol–water partition coefficient (Wildman–Crippen LogP) is 2.45. The Bertz CT molecular complexity index is 599. The molecular weight excluding hydrogens is 252 g/mol. The van der Waals surface area contributed by atoms with Crippen LogP contribution in [0.4, 0.5) is 0 Å². The monoisotopic (exact) mass is 272 g/mol. The lowest BCUT2D eigenvalue weighted by molar-refractivity contribution is 0.0842. The van der Waals surface area contributed by atoms with Crippen LogP contribution >= 0.6 is 0 Å². The Kier molecular flexibility index (Phi) is 3.74. The van der Waals surface area contributed by atoms with Gasteiger partial charge in [-0.05, 0) is 37.0 Å². The topological polar surface area (TPSA) is 65.1 Å². The van der Waals surface area contributed by atoms with Crippen molar-refractivity contribution in [2.75, 3.05) is 6.54 Å². The largest absolute Gasteiger partial charge is 0.391 e. The van der Waals surface area contributed by atoms with E-state index in [-0.39, 0.29) is 5.91 Å². The van der Waals surface area contributed by atoms with Crippen LogP contribution in [0.15, 0.2) is 30.5 Å². The van der Waals surface area contributed by atoms with E-state index in [0.717, 1.165) is 23.7 Å². The lowest BCUT2D eigenvalue weighted by atomic mass is 10.0. The maximum absolute atomic E-state index is 12.2. The molecule has 1 heterocycles. The molecule has 0 saturated heterocycles. The van der Waals surface area contributed by atoms with E-state index in [1.54, 1.807) is 0 Å². The number of H-pyrrole nitrogens is 1. The molecule has 3 N–H and O–H groups in total. The summed E-state index contributed by atoms with van der Waals surface area (Å²) < 4.78 is 0. The number of amides is 1. The summed E-state index contributed by atoms with van der Waals surface area (Å²) in [5.41, 5.74) is 1.61. The first kappa shape index (κ1) is 13.2. The van der Waals surface area contributed by atoms with Gasteiger partial charge in [0, 0.05) is 29.2 Å². The van der Waals surface area contributed by atoms with E-state index in [9.17, 15) is 9.90 Å². The first-order valence-corrected chi connectivity index (χ1v) is 7.28. The van der Waals surface area contributed by atoms with Gasteiger partial charge in [-0.15, -0.1) is 0 Å². The number of carbonyl (C=O) groups excluding carboxylic acids is 1. The third kappa shape index (κ3) is 2.56. The van der Waals surface area contributed by atoms with Gasteiger partial charge in [0.05, 0.1) is 6.10 Å². The van der Waals surface area contributed by atoms with Crippen molar-refractivity contribution in [3.63, 3.8) is 0 Å². The summed E-state index contributed by atoms with van der Waals surface area (Å²) in [7, 11) is 0. The van der Waals surface area contributed by atoms with E-state index in [1.807, 2.05) is 30.5 Å². The Morgan fingerprint density at radius 1 is 1.35 bits per heavy atom. The van der Waals surface area contributed by atoms with Gasteiger partial charge in [-0.25, -0.2) is 0 Å². The molecule has 0 aliphatic heterocycles. The second-order valence-electron chi connectivity index (χ2n) is 5.57. The molecule has 1 aliphatic rings. The second-order valence-corrected chi connectivity index (χ2v) is 5.57. The van der Waals surface area contributed by atoms with E-state index in [4.69, 9.17) is 0 Å². The second kappa shape index (κ2) is 5.67. The van der Waals surface area contributed by atoms with Crippen molar-refractivity contribution in [1.82, 2.24) is 10.3 Å². The molecule has 2 aromatic rings. The van der Waals surface area contributed by atoms with Crippen LogP contribution in [0, 0.1) is 5.92 Å². The van der Waals surface area contributed by atoms with Crippen LogP contribution in [0.2, 0.25) is 0 Å². The number of aromatic nitrogens is 1. The minimum atomic E-state index is -0.424. The predicted molar refractivity (Wildman–Crippen MR) is 78.6 cm³/mol. The number of hydrogen-bond acceptors (Lipinski definition) is 2. The molecule has 1 fully saturated rings. The van der Waals surface area contributed by atoms with Crippen LogP contribution in [0.5, 0.6) is 0 Å². The highest BCUT2D eigenvalue weighted by molar-refractivity contribution is 6.06. The smallest absolute Gasteiger partial charge is 0.252 e. The van der Waals surface area contributed by atoms with Crippen LogP contribution in [-0.2, 0) is 0 Å².